The number of halogens is 3. The molecule has 3 aromatic rings. The molecule has 2 atom stereocenters. The normalized spacial score (nSPS) is 16.3. The van der Waals surface area contributed by atoms with Gasteiger partial charge in [-0.25, -0.2) is 9.59 Å². The third-order valence-electron chi connectivity index (χ3n) is 7.47. The van der Waals surface area contributed by atoms with Gasteiger partial charge in [-0.3, -0.25) is 9.59 Å². The second kappa shape index (κ2) is 12.6. The first-order chi connectivity index (χ1) is 20.1. The van der Waals surface area contributed by atoms with Crippen LogP contribution in [0.1, 0.15) is 55.4 Å². The van der Waals surface area contributed by atoms with Crippen molar-refractivity contribution in [3.8, 4) is 0 Å². The van der Waals surface area contributed by atoms with Crippen LogP contribution in [0, 0.1) is 0 Å². The molecule has 0 radical (unpaired) electrons. The number of benzene rings is 3. The molecule has 4 amide bonds. The molecule has 4 N–H and O–H groups in total. The summed E-state index contributed by atoms with van der Waals surface area (Å²) in [5.41, 5.74) is 3.65. The van der Waals surface area contributed by atoms with E-state index in [9.17, 15) is 24.3 Å². The Morgan fingerprint density at radius 1 is 1.02 bits per heavy atom. The Balaban J connectivity index is 1.24. The SMILES string of the molecule is O=C(NCC(NC(=O)c1c(Cl)cc2c(c1Cl)CCN(Cc1cccc(Cl)c1)C2=O)C(=O)O)NC1CCc2ccccc21. The molecule has 12 heteroatoms. The lowest BCUT2D eigenvalue weighted by Gasteiger charge is -2.30. The number of carboxylic acid groups (broad SMARTS) is 1. The predicted octanol–water partition coefficient (Wildman–Crippen LogP) is 5.02. The van der Waals surface area contributed by atoms with Gasteiger partial charge < -0.3 is 26.0 Å². The van der Waals surface area contributed by atoms with Gasteiger partial charge in [-0.05, 0) is 59.7 Å². The highest BCUT2D eigenvalue weighted by atomic mass is 35.5. The summed E-state index contributed by atoms with van der Waals surface area (Å²) in [6.45, 7) is 0.311. The molecule has 0 saturated carbocycles. The van der Waals surface area contributed by atoms with Crippen molar-refractivity contribution in [2.24, 2.45) is 0 Å². The van der Waals surface area contributed by atoms with Crippen LogP contribution in [-0.4, -0.2) is 53.0 Å². The van der Waals surface area contributed by atoms with Crippen molar-refractivity contribution in [1.82, 2.24) is 20.9 Å². The monoisotopic (exact) mass is 628 g/mol. The average molecular weight is 630 g/mol. The van der Waals surface area contributed by atoms with Crippen molar-refractivity contribution in [3.05, 3.63) is 103 Å². The number of fused-ring (bicyclic) bond motifs is 2. The van der Waals surface area contributed by atoms with Gasteiger partial charge in [-0.15, -0.1) is 0 Å². The molecule has 218 valence electrons. The Hall–Kier alpha value is -3.79. The highest BCUT2D eigenvalue weighted by molar-refractivity contribution is 6.41. The Labute approximate surface area is 257 Å². The molecule has 1 aliphatic heterocycles. The van der Waals surface area contributed by atoms with Crippen molar-refractivity contribution in [1.29, 1.82) is 0 Å². The third kappa shape index (κ3) is 6.33. The molecule has 1 aliphatic carbocycles. The van der Waals surface area contributed by atoms with Gasteiger partial charge in [0.1, 0.15) is 6.04 Å². The first-order valence-corrected chi connectivity index (χ1v) is 14.5. The minimum atomic E-state index is -1.46. The fourth-order valence-corrected chi connectivity index (χ4v) is 6.30. The summed E-state index contributed by atoms with van der Waals surface area (Å²) in [5, 5.41) is 17.9. The van der Waals surface area contributed by atoms with Gasteiger partial charge in [0.2, 0.25) is 0 Å². The summed E-state index contributed by atoms with van der Waals surface area (Å²) >= 11 is 19.1. The van der Waals surface area contributed by atoms with E-state index in [-0.39, 0.29) is 39.7 Å². The number of aliphatic carboxylic acids is 1. The van der Waals surface area contributed by atoms with E-state index in [4.69, 9.17) is 34.8 Å². The number of hydrogen-bond donors (Lipinski definition) is 4. The number of urea groups is 1. The van der Waals surface area contributed by atoms with Crippen LogP contribution < -0.4 is 16.0 Å². The third-order valence-corrected chi connectivity index (χ3v) is 8.42. The number of rotatable bonds is 8. The van der Waals surface area contributed by atoms with Crippen LogP contribution >= 0.6 is 34.8 Å². The van der Waals surface area contributed by atoms with E-state index in [0.717, 1.165) is 29.5 Å². The largest absolute Gasteiger partial charge is 0.480 e. The van der Waals surface area contributed by atoms with Crippen LogP contribution in [0.4, 0.5) is 4.79 Å². The number of nitrogens with zero attached hydrogens (tertiary/aromatic N) is 1. The van der Waals surface area contributed by atoms with Crippen LogP contribution in [0.25, 0.3) is 0 Å². The maximum atomic E-state index is 13.3. The first-order valence-electron chi connectivity index (χ1n) is 13.3. The van der Waals surface area contributed by atoms with E-state index in [1.807, 2.05) is 30.3 Å². The molecule has 0 fully saturated rings. The lowest BCUT2D eigenvalue weighted by molar-refractivity contribution is -0.139. The Morgan fingerprint density at radius 2 is 1.81 bits per heavy atom. The first kappa shape index (κ1) is 29.7. The van der Waals surface area contributed by atoms with Gasteiger partial charge in [-0.2, -0.15) is 0 Å². The zero-order chi connectivity index (χ0) is 30.0. The van der Waals surface area contributed by atoms with Crippen molar-refractivity contribution in [3.63, 3.8) is 0 Å². The number of carbonyl (C=O) groups is 4. The molecular formula is C30H27Cl3N4O5. The molecule has 42 heavy (non-hydrogen) atoms. The fourth-order valence-electron chi connectivity index (χ4n) is 5.37. The lowest BCUT2D eigenvalue weighted by Crippen LogP contribution is -2.50. The van der Waals surface area contributed by atoms with Crippen LogP contribution in [-0.2, 0) is 24.2 Å². The number of hydrogen-bond acceptors (Lipinski definition) is 4. The van der Waals surface area contributed by atoms with E-state index in [1.165, 1.54) is 6.07 Å². The molecular weight excluding hydrogens is 603 g/mol. The quantitative estimate of drug-likeness (QED) is 0.278. The Kier molecular flexibility index (Phi) is 8.91. The number of nitrogens with one attached hydrogen (secondary N) is 3. The zero-order valence-corrected chi connectivity index (χ0v) is 24.5. The van der Waals surface area contributed by atoms with E-state index in [0.29, 0.717) is 30.1 Å². The van der Waals surface area contributed by atoms with E-state index >= 15 is 0 Å². The van der Waals surface area contributed by atoms with Gasteiger partial charge >= 0.3 is 12.0 Å². The molecule has 1 heterocycles. The number of aryl methyl sites for hydroxylation is 1. The van der Waals surface area contributed by atoms with Crippen LogP contribution in [0.15, 0.2) is 54.6 Å². The number of carboxylic acids is 1. The van der Waals surface area contributed by atoms with E-state index in [1.54, 1.807) is 23.1 Å². The van der Waals surface area contributed by atoms with Crippen LogP contribution in [0.3, 0.4) is 0 Å². The number of carbonyl (C=O) groups excluding carboxylic acids is 3. The molecule has 0 spiro atoms. The molecule has 5 rings (SSSR count). The minimum Gasteiger partial charge on any atom is -0.480 e. The summed E-state index contributed by atoms with van der Waals surface area (Å²) in [6, 6.07) is 14.2. The van der Waals surface area contributed by atoms with Gasteiger partial charge in [0.05, 0.1) is 28.2 Å². The molecule has 0 saturated heterocycles. The lowest BCUT2D eigenvalue weighted by atomic mass is 9.95. The van der Waals surface area contributed by atoms with E-state index in [2.05, 4.69) is 16.0 Å². The highest BCUT2D eigenvalue weighted by Crippen LogP contribution is 2.35. The second-order valence-electron chi connectivity index (χ2n) is 10.2. The summed E-state index contributed by atoms with van der Waals surface area (Å²) in [4.78, 5) is 52.5. The van der Waals surface area contributed by atoms with Crippen molar-refractivity contribution >= 4 is 58.6 Å². The number of amides is 4. The maximum absolute atomic E-state index is 13.3. The summed E-state index contributed by atoms with van der Waals surface area (Å²) in [5.74, 6) is -2.48. The van der Waals surface area contributed by atoms with Crippen LogP contribution in [0.5, 0.6) is 0 Å². The highest BCUT2D eigenvalue weighted by Gasteiger charge is 2.32. The van der Waals surface area contributed by atoms with Gasteiger partial charge in [-0.1, -0.05) is 71.2 Å². The van der Waals surface area contributed by atoms with Crippen LogP contribution in [0.2, 0.25) is 15.1 Å². The predicted molar refractivity (Wildman–Crippen MR) is 159 cm³/mol. The van der Waals surface area contributed by atoms with Gasteiger partial charge in [0.25, 0.3) is 11.8 Å². The topological polar surface area (TPSA) is 128 Å². The molecule has 0 aromatic heterocycles. The molecule has 2 aliphatic rings. The zero-order valence-electron chi connectivity index (χ0n) is 22.3. The maximum Gasteiger partial charge on any atom is 0.328 e. The summed E-state index contributed by atoms with van der Waals surface area (Å²) < 4.78 is 0. The fraction of sp³-hybridized carbons (Fsp3) is 0.267. The standard InChI is InChI=1S/C30H27Cl3N4O5/c31-18-6-3-4-16(12-18)15-37-11-10-20-21(28(37)39)13-22(32)25(26(20)33)27(38)35-24(29(40)41)14-34-30(42)36-23-9-8-17-5-1-2-7-19(17)23/h1-7,12-13,23-24H,8-11,14-15H2,(H,35,38)(H,40,41)(H2,34,36,42). The molecule has 0 bridgehead atoms. The molecule has 3 aromatic carbocycles. The molecule has 2 unspecified atom stereocenters. The Morgan fingerprint density at radius 3 is 2.57 bits per heavy atom. The van der Waals surface area contributed by atoms with Gasteiger partial charge in [0, 0.05) is 23.7 Å². The average Bonchev–Trinajstić information content (AvgIpc) is 3.35. The van der Waals surface area contributed by atoms with Crippen molar-refractivity contribution < 1.29 is 24.3 Å². The van der Waals surface area contributed by atoms with Gasteiger partial charge in [0.15, 0.2) is 0 Å². The smallest absolute Gasteiger partial charge is 0.328 e. The second-order valence-corrected chi connectivity index (χ2v) is 11.4. The minimum absolute atomic E-state index is 0.0134. The summed E-state index contributed by atoms with van der Waals surface area (Å²) in [6.07, 6.45) is 1.94. The van der Waals surface area contributed by atoms with Crippen molar-refractivity contribution in [2.45, 2.75) is 37.9 Å². The van der Waals surface area contributed by atoms with E-state index < -0.39 is 23.9 Å². The Bertz CT molecular complexity index is 1580. The summed E-state index contributed by atoms with van der Waals surface area (Å²) in [7, 11) is 0. The molecule has 9 nitrogen and oxygen atoms in total. The van der Waals surface area contributed by atoms with Crippen molar-refractivity contribution in [2.75, 3.05) is 13.1 Å².